The number of hydrogen-bond donors (Lipinski definition) is 1. The first kappa shape index (κ1) is 30.6. The van der Waals surface area contributed by atoms with E-state index < -0.39 is 6.10 Å². The van der Waals surface area contributed by atoms with E-state index in [4.69, 9.17) is 23.2 Å². The fourth-order valence-corrected chi connectivity index (χ4v) is 4.06. The lowest BCUT2D eigenvalue weighted by molar-refractivity contribution is -0.110. The first-order valence-corrected chi connectivity index (χ1v) is 13.5. The van der Waals surface area contributed by atoms with Crippen molar-refractivity contribution >= 4 is 52.3 Å². The number of Topliss-reactive ketones (excluding diaryl/α,β-unsaturated/α-hetero) is 1. The van der Waals surface area contributed by atoms with Gasteiger partial charge in [-0.3, -0.25) is 4.79 Å². The van der Waals surface area contributed by atoms with Crippen molar-refractivity contribution in [3.05, 3.63) is 166 Å². The zero-order valence-electron chi connectivity index (χ0n) is 22.6. The number of rotatable bonds is 8. The molecule has 0 radical (unpaired) electrons. The highest BCUT2D eigenvalue weighted by Crippen LogP contribution is 2.26. The number of carbonyl (C=O) groups is 1. The predicted molar refractivity (Wildman–Crippen MR) is 172 cm³/mol. The molecule has 0 saturated heterocycles. The Bertz CT molecular complexity index is 1500. The maximum atomic E-state index is 12.3. The van der Waals surface area contributed by atoms with Gasteiger partial charge in [-0.05, 0) is 89.2 Å². The number of halogens is 2. The Kier molecular flexibility index (Phi) is 11.5. The van der Waals surface area contributed by atoms with Crippen LogP contribution in [0.3, 0.4) is 0 Å². The third-order valence-corrected chi connectivity index (χ3v) is 6.46. The number of allylic oxidation sites excluding steroid dienone is 2. The molecule has 4 aromatic carbocycles. The first-order valence-electron chi connectivity index (χ1n) is 12.7. The Morgan fingerprint density at radius 1 is 0.675 bits per heavy atom. The second kappa shape index (κ2) is 15.0. The minimum atomic E-state index is -0.687. The molecule has 4 aromatic rings. The maximum absolute atomic E-state index is 12.3. The Morgan fingerprint density at radius 3 is 1.52 bits per heavy atom. The SMILES string of the molecule is C=C(C)C(=O)/C(=C\c1ccc(Cl)cc1)c1ccccc1.C=C(C)C(O)/C(=C\c1ccc(Cl)cc1)c1ccccc1. The van der Waals surface area contributed by atoms with Gasteiger partial charge in [-0.25, -0.2) is 0 Å². The van der Waals surface area contributed by atoms with E-state index in [0.717, 1.165) is 27.8 Å². The summed E-state index contributed by atoms with van der Waals surface area (Å²) in [6.45, 7) is 11.1. The molecular formula is C36H32Cl2O2. The average Bonchev–Trinajstić information content (AvgIpc) is 2.97. The summed E-state index contributed by atoms with van der Waals surface area (Å²) in [5, 5.41) is 11.7. The number of carbonyl (C=O) groups excluding carboxylic acids is 1. The third-order valence-electron chi connectivity index (χ3n) is 5.96. The highest BCUT2D eigenvalue weighted by molar-refractivity contribution is 6.32. The molecule has 0 aliphatic heterocycles. The molecule has 0 heterocycles. The lowest BCUT2D eigenvalue weighted by atomic mass is 9.94. The summed E-state index contributed by atoms with van der Waals surface area (Å²) in [5.41, 5.74) is 6.51. The minimum absolute atomic E-state index is 0.0499. The van der Waals surface area contributed by atoms with Gasteiger partial charge in [0.05, 0.1) is 0 Å². The van der Waals surface area contributed by atoms with Crippen molar-refractivity contribution in [2.75, 3.05) is 0 Å². The molecule has 0 aliphatic carbocycles. The van der Waals surface area contributed by atoms with E-state index >= 15 is 0 Å². The van der Waals surface area contributed by atoms with Crippen molar-refractivity contribution in [2.45, 2.75) is 20.0 Å². The van der Waals surface area contributed by atoms with Crippen molar-refractivity contribution in [3.63, 3.8) is 0 Å². The molecule has 0 spiro atoms. The summed E-state index contributed by atoms with van der Waals surface area (Å²) in [5.74, 6) is -0.0499. The largest absolute Gasteiger partial charge is 0.384 e. The quantitative estimate of drug-likeness (QED) is 0.131. The number of ketones is 1. The van der Waals surface area contributed by atoms with Crippen LogP contribution in [0.15, 0.2) is 133 Å². The maximum Gasteiger partial charge on any atom is 0.188 e. The second-order valence-electron chi connectivity index (χ2n) is 9.35. The minimum Gasteiger partial charge on any atom is -0.384 e. The van der Waals surface area contributed by atoms with Gasteiger partial charge >= 0.3 is 0 Å². The van der Waals surface area contributed by atoms with E-state index in [1.807, 2.05) is 116 Å². The van der Waals surface area contributed by atoms with Gasteiger partial charge in [-0.15, -0.1) is 0 Å². The van der Waals surface area contributed by atoms with E-state index in [1.165, 1.54) is 0 Å². The van der Waals surface area contributed by atoms with Crippen LogP contribution >= 0.6 is 23.2 Å². The summed E-state index contributed by atoms with van der Waals surface area (Å²) < 4.78 is 0. The first-order chi connectivity index (χ1) is 19.2. The number of aliphatic hydroxyl groups is 1. The molecule has 1 atom stereocenters. The highest BCUT2D eigenvalue weighted by Gasteiger charge is 2.14. The van der Waals surface area contributed by atoms with Gasteiger partial charge in [-0.2, -0.15) is 0 Å². The van der Waals surface area contributed by atoms with Gasteiger partial charge in [0, 0.05) is 15.6 Å². The number of aliphatic hydroxyl groups excluding tert-OH is 1. The van der Waals surface area contributed by atoms with Gasteiger partial charge in [-0.1, -0.05) is 121 Å². The van der Waals surface area contributed by atoms with Crippen molar-refractivity contribution in [3.8, 4) is 0 Å². The summed E-state index contributed by atoms with van der Waals surface area (Å²) in [6, 6.07) is 34.3. The molecule has 202 valence electrons. The molecule has 0 fully saturated rings. The molecular weight excluding hydrogens is 535 g/mol. The van der Waals surface area contributed by atoms with E-state index in [-0.39, 0.29) is 5.78 Å². The van der Waals surface area contributed by atoms with E-state index in [9.17, 15) is 9.90 Å². The second-order valence-corrected chi connectivity index (χ2v) is 10.2. The topological polar surface area (TPSA) is 37.3 Å². The summed E-state index contributed by atoms with van der Waals surface area (Å²) >= 11 is 11.8. The molecule has 0 aliphatic rings. The Morgan fingerprint density at radius 2 is 1.10 bits per heavy atom. The van der Waals surface area contributed by atoms with Gasteiger partial charge in [0.15, 0.2) is 5.78 Å². The molecule has 0 saturated carbocycles. The fraction of sp³-hybridized carbons (Fsp3) is 0.0833. The summed E-state index contributed by atoms with van der Waals surface area (Å²) in [7, 11) is 0. The van der Waals surface area contributed by atoms with Crippen molar-refractivity contribution in [2.24, 2.45) is 0 Å². The van der Waals surface area contributed by atoms with E-state index in [1.54, 1.807) is 19.1 Å². The zero-order chi connectivity index (χ0) is 29.1. The lowest BCUT2D eigenvalue weighted by Gasteiger charge is -2.16. The molecule has 40 heavy (non-hydrogen) atoms. The molecule has 0 amide bonds. The average molecular weight is 568 g/mol. The molecule has 1 N–H and O–H groups in total. The summed E-state index contributed by atoms with van der Waals surface area (Å²) in [6.07, 6.45) is 3.14. The Labute approximate surface area is 247 Å². The van der Waals surface area contributed by atoms with E-state index in [0.29, 0.717) is 26.8 Å². The molecule has 2 nitrogen and oxygen atoms in total. The van der Waals surface area contributed by atoms with Crippen LogP contribution in [0.2, 0.25) is 10.0 Å². The van der Waals surface area contributed by atoms with Gasteiger partial charge in [0.2, 0.25) is 0 Å². The fourth-order valence-electron chi connectivity index (χ4n) is 3.81. The van der Waals surface area contributed by atoms with Crippen LogP contribution in [0.5, 0.6) is 0 Å². The Balaban J connectivity index is 0.000000220. The number of hydrogen-bond acceptors (Lipinski definition) is 2. The smallest absolute Gasteiger partial charge is 0.188 e. The normalized spacial score (nSPS) is 12.1. The van der Waals surface area contributed by atoms with Crippen LogP contribution in [0.25, 0.3) is 23.3 Å². The molecule has 0 aromatic heterocycles. The van der Waals surface area contributed by atoms with Gasteiger partial charge in [0.1, 0.15) is 6.10 Å². The van der Waals surface area contributed by atoms with Crippen LogP contribution in [0.4, 0.5) is 0 Å². The van der Waals surface area contributed by atoms with Crippen molar-refractivity contribution in [1.82, 2.24) is 0 Å². The molecule has 0 bridgehead atoms. The van der Waals surface area contributed by atoms with Crippen LogP contribution < -0.4 is 0 Å². The van der Waals surface area contributed by atoms with Crippen molar-refractivity contribution < 1.29 is 9.90 Å². The van der Waals surface area contributed by atoms with Crippen molar-refractivity contribution in [1.29, 1.82) is 0 Å². The van der Waals surface area contributed by atoms with Crippen LogP contribution in [-0.4, -0.2) is 17.0 Å². The third kappa shape index (κ3) is 9.07. The molecule has 1 unspecified atom stereocenters. The monoisotopic (exact) mass is 566 g/mol. The number of benzene rings is 4. The zero-order valence-corrected chi connectivity index (χ0v) is 24.2. The lowest BCUT2D eigenvalue weighted by Crippen LogP contribution is -2.10. The standard InChI is InChI=1S/C18H17ClO.C18H15ClO/c2*1-13(2)18(20)17(15-6-4-3-5-7-15)12-14-8-10-16(19)11-9-14/h3-12,18,20H,1H2,2H3;3-12H,1H2,2H3/b2*17-12-. The van der Waals surface area contributed by atoms with E-state index in [2.05, 4.69) is 13.2 Å². The summed E-state index contributed by atoms with van der Waals surface area (Å²) in [4.78, 5) is 12.3. The Hall–Kier alpha value is -3.95. The molecule has 4 heteroatoms. The highest BCUT2D eigenvalue weighted by atomic mass is 35.5. The van der Waals surface area contributed by atoms with Crippen LogP contribution in [0.1, 0.15) is 36.1 Å². The predicted octanol–water partition coefficient (Wildman–Crippen LogP) is 9.84. The van der Waals surface area contributed by atoms with Crippen LogP contribution in [0, 0.1) is 0 Å². The van der Waals surface area contributed by atoms with Gasteiger partial charge in [0.25, 0.3) is 0 Å². The molecule has 4 rings (SSSR count). The van der Waals surface area contributed by atoms with Crippen LogP contribution in [-0.2, 0) is 4.79 Å². The van der Waals surface area contributed by atoms with Gasteiger partial charge < -0.3 is 5.11 Å².